The number of benzene rings is 1. The summed E-state index contributed by atoms with van der Waals surface area (Å²) in [6.45, 7) is 2.95. The number of ether oxygens (including phenoxy) is 1. The van der Waals surface area contributed by atoms with Crippen molar-refractivity contribution in [3.63, 3.8) is 0 Å². The van der Waals surface area contributed by atoms with Gasteiger partial charge in [0.1, 0.15) is 0 Å². The second-order valence-electron chi connectivity index (χ2n) is 4.76. The third kappa shape index (κ3) is 2.97. The van der Waals surface area contributed by atoms with Gasteiger partial charge in [0.05, 0.1) is 12.7 Å². The van der Waals surface area contributed by atoms with E-state index in [9.17, 15) is 4.39 Å². The molecule has 0 bridgehead atoms. The smallest absolute Gasteiger partial charge is 0.165 e. The lowest BCUT2D eigenvalue weighted by Crippen LogP contribution is -2.20. The lowest BCUT2D eigenvalue weighted by atomic mass is 9.92. The molecule has 0 aromatic heterocycles. The van der Waals surface area contributed by atoms with E-state index in [0.29, 0.717) is 5.92 Å². The van der Waals surface area contributed by atoms with E-state index in [0.717, 1.165) is 25.0 Å². The van der Waals surface area contributed by atoms with Gasteiger partial charge in [-0.3, -0.25) is 0 Å². The maximum Gasteiger partial charge on any atom is 0.165 e. The highest BCUT2D eigenvalue weighted by molar-refractivity contribution is 5.29. The van der Waals surface area contributed by atoms with Gasteiger partial charge in [0, 0.05) is 0 Å². The molecule has 2 nitrogen and oxygen atoms in total. The summed E-state index contributed by atoms with van der Waals surface area (Å²) >= 11 is 0. The number of phenols is 1. The van der Waals surface area contributed by atoms with E-state index in [1.165, 1.54) is 25.0 Å². The van der Waals surface area contributed by atoms with Crippen LogP contribution in [0.25, 0.3) is 0 Å². The van der Waals surface area contributed by atoms with Gasteiger partial charge in [0.2, 0.25) is 0 Å². The Labute approximate surface area is 101 Å². The molecular weight excluding hydrogens is 219 g/mol. The highest BCUT2D eigenvalue weighted by Gasteiger charge is 2.22. The first-order valence-corrected chi connectivity index (χ1v) is 6.30. The van der Waals surface area contributed by atoms with Crippen LogP contribution in [0.3, 0.4) is 0 Å². The molecule has 94 valence electrons. The van der Waals surface area contributed by atoms with E-state index in [4.69, 9.17) is 9.84 Å². The van der Waals surface area contributed by atoms with Crippen LogP contribution >= 0.6 is 0 Å². The molecule has 0 spiro atoms. The van der Waals surface area contributed by atoms with E-state index in [1.54, 1.807) is 6.07 Å². The maximum absolute atomic E-state index is 13.2. The Morgan fingerprint density at radius 2 is 2.24 bits per heavy atom. The van der Waals surface area contributed by atoms with Crippen molar-refractivity contribution in [2.24, 2.45) is 5.92 Å². The van der Waals surface area contributed by atoms with Gasteiger partial charge in [-0.15, -0.1) is 0 Å². The van der Waals surface area contributed by atoms with E-state index < -0.39 is 5.82 Å². The van der Waals surface area contributed by atoms with E-state index in [-0.39, 0.29) is 11.9 Å². The summed E-state index contributed by atoms with van der Waals surface area (Å²) in [6, 6.07) is 4.51. The number of phenolic OH excluding ortho intramolecular Hbond substituents is 1. The lowest BCUT2D eigenvalue weighted by molar-refractivity contribution is -0.0196. The predicted molar refractivity (Wildman–Crippen MR) is 64.4 cm³/mol. The zero-order valence-corrected chi connectivity index (χ0v) is 10.2. The van der Waals surface area contributed by atoms with Crippen molar-refractivity contribution < 1.29 is 14.2 Å². The Morgan fingerprint density at radius 3 is 2.82 bits per heavy atom. The first-order chi connectivity index (χ1) is 8.20. The molecule has 0 saturated carbocycles. The van der Waals surface area contributed by atoms with Crippen molar-refractivity contribution in [1.82, 2.24) is 0 Å². The molecule has 17 heavy (non-hydrogen) atoms. The van der Waals surface area contributed by atoms with Crippen molar-refractivity contribution in [2.75, 3.05) is 6.61 Å². The van der Waals surface area contributed by atoms with Gasteiger partial charge < -0.3 is 9.84 Å². The van der Waals surface area contributed by atoms with Gasteiger partial charge in [0.25, 0.3) is 0 Å². The molecule has 1 N–H and O–H groups in total. The van der Waals surface area contributed by atoms with Crippen LogP contribution < -0.4 is 0 Å². The second-order valence-corrected chi connectivity index (χ2v) is 4.76. The minimum atomic E-state index is -0.568. The van der Waals surface area contributed by atoms with Crippen molar-refractivity contribution >= 4 is 0 Å². The second kappa shape index (κ2) is 5.50. The van der Waals surface area contributed by atoms with Gasteiger partial charge in [-0.05, 0) is 42.9 Å². The van der Waals surface area contributed by atoms with Crippen molar-refractivity contribution in [3.05, 3.63) is 29.6 Å². The average Bonchev–Trinajstić information content (AvgIpc) is 2.34. The number of rotatable bonds is 3. The Hall–Kier alpha value is -1.09. The van der Waals surface area contributed by atoms with Crippen LogP contribution in [0.1, 0.15) is 44.3 Å². The maximum atomic E-state index is 13.2. The number of aromatic hydroxyl groups is 1. The van der Waals surface area contributed by atoms with Crippen molar-refractivity contribution in [2.45, 2.75) is 38.7 Å². The van der Waals surface area contributed by atoms with Crippen molar-refractivity contribution in [1.29, 1.82) is 0 Å². The van der Waals surface area contributed by atoms with Gasteiger partial charge in [0.15, 0.2) is 11.6 Å². The Kier molecular flexibility index (Phi) is 4.00. The Balaban J connectivity index is 1.98. The molecular formula is C14H19FO2. The van der Waals surface area contributed by atoms with Crippen LogP contribution in [-0.4, -0.2) is 11.7 Å². The van der Waals surface area contributed by atoms with Crippen LogP contribution in [0.5, 0.6) is 5.75 Å². The van der Waals surface area contributed by atoms with E-state index >= 15 is 0 Å². The van der Waals surface area contributed by atoms with Crippen LogP contribution in [-0.2, 0) is 4.74 Å². The predicted octanol–water partition coefficient (Wildman–Crippen LogP) is 3.80. The summed E-state index contributed by atoms with van der Waals surface area (Å²) in [5, 5.41) is 9.14. The molecule has 1 aromatic rings. The summed E-state index contributed by atoms with van der Waals surface area (Å²) in [4.78, 5) is 0. The molecule has 1 saturated heterocycles. The lowest BCUT2D eigenvalue weighted by Gasteiger charge is -2.29. The Morgan fingerprint density at radius 1 is 1.41 bits per heavy atom. The quantitative estimate of drug-likeness (QED) is 0.867. The summed E-state index contributed by atoms with van der Waals surface area (Å²) in [7, 11) is 0. The topological polar surface area (TPSA) is 29.5 Å². The fourth-order valence-electron chi connectivity index (χ4n) is 2.43. The largest absolute Gasteiger partial charge is 0.505 e. The highest BCUT2D eigenvalue weighted by Crippen LogP contribution is 2.33. The third-order valence-electron chi connectivity index (χ3n) is 3.41. The molecule has 0 amide bonds. The summed E-state index contributed by atoms with van der Waals surface area (Å²) < 4.78 is 19.0. The van der Waals surface area contributed by atoms with E-state index in [2.05, 4.69) is 6.92 Å². The molecule has 2 rings (SSSR count). The van der Waals surface area contributed by atoms with Crippen LogP contribution in [0.2, 0.25) is 0 Å². The molecule has 3 heteroatoms. The van der Waals surface area contributed by atoms with Crippen molar-refractivity contribution in [3.8, 4) is 5.75 Å². The molecule has 1 aromatic carbocycles. The van der Waals surface area contributed by atoms with Gasteiger partial charge in [-0.2, -0.15) is 0 Å². The number of halogens is 1. The molecule has 0 radical (unpaired) electrons. The first-order valence-electron chi connectivity index (χ1n) is 6.30. The molecule has 1 heterocycles. The van der Waals surface area contributed by atoms with Gasteiger partial charge >= 0.3 is 0 Å². The zero-order chi connectivity index (χ0) is 12.3. The molecule has 1 aliphatic rings. The first kappa shape index (κ1) is 12.4. The minimum absolute atomic E-state index is 0.0155. The summed E-state index contributed by atoms with van der Waals surface area (Å²) in [5.41, 5.74) is 0.829. The summed E-state index contributed by atoms with van der Waals surface area (Å²) in [5.74, 6) is -0.214. The molecule has 1 fully saturated rings. The standard InChI is InChI=1S/C14H19FO2/c1-2-3-10-4-7-14(17-9-10)11-5-6-13(16)12(15)8-11/h5-6,8,10,14,16H,2-4,7,9H2,1H3/t10-,14+/m0/s1. The number of hydrogen-bond acceptors (Lipinski definition) is 2. The fourth-order valence-corrected chi connectivity index (χ4v) is 2.43. The highest BCUT2D eigenvalue weighted by atomic mass is 19.1. The molecule has 0 unspecified atom stereocenters. The zero-order valence-electron chi connectivity index (χ0n) is 10.2. The third-order valence-corrected chi connectivity index (χ3v) is 3.41. The van der Waals surface area contributed by atoms with Crippen LogP contribution in [0, 0.1) is 11.7 Å². The minimum Gasteiger partial charge on any atom is -0.505 e. The van der Waals surface area contributed by atoms with E-state index in [1.807, 2.05) is 0 Å². The molecule has 0 aliphatic carbocycles. The van der Waals surface area contributed by atoms with Crippen LogP contribution in [0.15, 0.2) is 18.2 Å². The normalized spacial score (nSPS) is 24.8. The molecule has 1 aliphatic heterocycles. The molecule has 2 atom stereocenters. The SMILES string of the molecule is CCC[C@H]1CC[C@H](c2ccc(O)c(F)c2)OC1. The van der Waals surface area contributed by atoms with Gasteiger partial charge in [-0.1, -0.05) is 19.4 Å². The summed E-state index contributed by atoms with van der Waals surface area (Å²) in [6.07, 6.45) is 4.46. The monoisotopic (exact) mass is 238 g/mol. The van der Waals surface area contributed by atoms with Gasteiger partial charge in [-0.25, -0.2) is 4.39 Å². The van der Waals surface area contributed by atoms with Crippen LogP contribution in [0.4, 0.5) is 4.39 Å². The Bertz CT molecular complexity index is 370. The fraction of sp³-hybridized carbons (Fsp3) is 0.571. The number of hydrogen-bond donors (Lipinski definition) is 1. The average molecular weight is 238 g/mol.